The highest BCUT2D eigenvalue weighted by molar-refractivity contribution is 9.10. The van der Waals surface area contributed by atoms with Crippen LogP contribution in [0.1, 0.15) is 0 Å². The van der Waals surface area contributed by atoms with Gasteiger partial charge in [-0.3, -0.25) is 0 Å². The number of nitrogens with zero attached hydrogens (tertiary/aromatic N) is 1. The molecule has 1 aromatic heterocycles. The van der Waals surface area contributed by atoms with Crippen molar-refractivity contribution in [3.8, 4) is 17.1 Å². The smallest absolute Gasteiger partial charge is 0.142 e. The summed E-state index contributed by atoms with van der Waals surface area (Å²) in [5.41, 5.74) is 1.96. The maximum absolute atomic E-state index is 13.5. The van der Waals surface area contributed by atoms with Crippen LogP contribution in [0.4, 0.5) is 4.39 Å². The summed E-state index contributed by atoms with van der Waals surface area (Å²) in [6, 6.07) is 10.0. The topological polar surface area (TPSA) is 48.9 Å². The van der Waals surface area contributed by atoms with Gasteiger partial charge in [-0.2, -0.15) is 0 Å². The zero-order chi connectivity index (χ0) is 12.7. The molecule has 90 valence electrons. The number of para-hydroxylation sites is 2. The van der Waals surface area contributed by atoms with E-state index >= 15 is 0 Å². The molecule has 1 heterocycles. The molecule has 0 bridgehead atoms. The predicted molar refractivity (Wildman–Crippen MR) is 70.9 cm³/mol. The first-order valence-corrected chi connectivity index (χ1v) is 6.07. The molecule has 2 N–H and O–H groups in total. The van der Waals surface area contributed by atoms with Gasteiger partial charge in [-0.15, -0.1) is 0 Å². The molecule has 0 spiro atoms. The van der Waals surface area contributed by atoms with Crippen LogP contribution < -0.4 is 0 Å². The third-order valence-corrected chi connectivity index (χ3v) is 3.29. The van der Waals surface area contributed by atoms with Gasteiger partial charge < -0.3 is 10.1 Å². The van der Waals surface area contributed by atoms with Crippen LogP contribution in [0.15, 0.2) is 40.9 Å². The van der Waals surface area contributed by atoms with Crippen molar-refractivity contribution in [2.75, 3.05) is 0 Å². The molecule has 0 saturated heterocycles. The molecule has 0 aliphatic carbocycles. The van der Waals surface area contributed by atoms with Crippen LogP contribution in [0.3, 0.4) is 0 Å². The van der Waals surface area contributed by atoms with Crippen LogP contribution in [0, 0.1) is 5.82 Å². The van der Waals surface area contributed by atoms with Crippen molar-refractivity contribution in [2.45, 2.75) is 0 Å². The molecule has 0 amide bonds. The van der Waals surface area contributed by atoms with Crippen LogP contribution >= 0.6 is 15.9 Å². The number of hydrogen-bond donors (Lipinski definition) is 2. The molecule has 18 heavy (non-hydrogen) atoms. The first kappa shape index (κ1) is 11.2. The third kappa shape index (κ3) is 1.76. The predicted octanol–water partition coefficient (Wildman–Crippen LogP) is 3.84. The third-order valence-electron chi connectivity index (χ3n) is 2.68. The van der Waals surface area contributed by atoms with Crippen molar-refractivity contribution in [3.05, 3.63) is 46.7 Å². The Hall–Kier alpha value is -1.88. The van der Waals surface area contributed by atoms with Gasteiger partial charge in [0.25, 0.3) is 0 Å². The molecule has 3 nitrogen and oxygen atoms in total. The number of hydrogen-bond acceptors (Lipinski definition) is 2. The number of fused-ring (bicyclic) bond motifs is 1. The molecule has 0 aliphatic heterocycles. The van der Waals surface area contributed by atoms with Crippen LogP contribution in [0.25, 0.3) is 22.4 Å². The number of H-pyrrole nitrogens is 1. The Morgan fingerprint density at radius 3 is 2.78 bits per heavy atom. The number of phenolic OH excluding ortho intramolecular Hbond substituents is 1. The van der Waals surface area contributed by atoms with Crippen molar-refractivity contribution >= 4 is 27.0 Å². The summed E-state index contributed by atoms with van der Waals surface area (Å²) in [5, 5.41) is 9.84. The summed E-state index contributed by atoms with van der Waals surface area (Å²) in [6.45, 7) is 0. The van der Waals surface area contributed by atoms with E-state index < -0.39 is 5.82 Å². The first-order valence-electron chi connectivity index (χ1n) is 5.28. The van der Waals surface area contributed by atoms with Gasteiger partial charge in [-0.25, -0.2) is 9.37 Å². The number of aromatic amines is 1. The Balaban J connectivity index is 2.22. The molecule has 0 aliphatic rings. The van der Waals surface area contributed by atoms with E-state index in [4.69, 9.17) is 0 Å². The molecule has 0 saturated carbocycles. The standard InChI is InChI=1S/C13H8BrFN2O/c14-8-6-12(18)7(5-9(8)15)13-16-10-3-1-2-4-11(10)17-13/h1-6,18H,(H,16,17). The van der Waals surface area contributed by atoms with Crippen molar-refractivity contribution in [1.29, 1.82) is 0 Å². The van der Waals surface area contributed by atoms with E-state index in [0.29, 0.717) is 11.4 Å². The summed E-state index contributed by atoms with van der Waals surface area (Å²) in [6.07, 6.45) is 0. The Kier molecular flexibility index (Phi) is 2.56. The molecule has 0 radical (unpaired) electrons. The molecular formula is C13H8BrFN2O. The fraction of sp³-hybridized carbons (Fsp3) is 0. The molecule has 0 atom stereocenters. The van der Waals surface area contributed by atoms with Gasteiger partial charge >= 0.3 is 0 Å². The normalized spacial score (nSPS) is 11.0. The summed E-state index contributed by atoms with van der Waals surface area (Å²) < 4.78 is 13.7. The van der Waals surface area contributed by atoms with Crippen molar-refractivity contribution < 1.29 is 9.50 Å². The Morgan fingerprint density at radius 1 is 1.22 bits per heavy atom. The van der Waals surface area contributed by atoms with Gasteiger partial charge in [0.05, 0.1) is 21.1 Å². The van der Waals surface area contributed by atoms with E-state index in [1.807, 2.05) is 24.3 Å². The second-order valence-corrected chi connectivity index (χ2v) is 4.74. The summed E-state index contributed by atoms with van der Waals surface area (Å²) in [7, 11) is 0. The second kappa shape index (κ2) is 4.10. The second-order valence-electron chi connectivity index (χ2n) is 3.89. The summed E-state index contributed by atoms with van der Waals surface area (Å²) in [5.74, 6) is -0.0225. The molecule has 0 unspecified atom stereocenters. The fourth-order valence-corrected chi connectivity index (χ4v) is 2.14. The number of halogens is 2. The van der Waals surface area contributed by atoms with Crippen LogP contribution in [0.2, 0.25) is 0 Å². The highest BCUT2D eigenvalue weighted by Gasteiger charge is 2.12. The molecule has 3 rings (SSSR count). The maximum atomic E-state index is 13.5. The molecule has 2 aromatic carbocycles. The Morgan fingerprint density at radius 2 is 2.00 bits per heavy atom. The van der Waals surface area contributed by atoms with E-state index in [1.165, 1.54) is 12.1 Å². The zero-order valence-corrected chi connectivity index (χ0v) is 10.7. The zero-order valence-electron chi connectivity index (χ0n) is 9.11. The minimum Gasteiger partial charge on any atom is -0.507 e. The van der Waals surface area contributed by atoms with E-state index in [9.17, 15) is 9.50 Å². The molecular weight excluding hydrogens is 299 g/mol. The average Bonchev–Trinajstić information content (AvgIpc) is 2.77. The minimum absolute atomic E-state index is 0.0256. The van der Waals surface area contributed by atoms with E-state index in [-0.39, 0.29) is 10.2 Å². The number of rotatable bonds is 1. The lowest BCUT2D eigenvalue weighted by atomic mass is 10.2. The maximum Gasteiger partial charge on any atom is 0.142 e. The van der Waals surface area contributed by atoms with Crippen LogP contribution in [0.5, 0.6) is 5.75 Å². The number of nitrogens with one attached hydrogen (secondary N) is 1. The number of imidazole rings is 1. The Bertz CT molecular complexity index is 706. The lowest BCUT2D eigenvalue weighted by Crippen LogP contribution is -1.85. The van der Waals surface area contributed by atoms with Crippen molar-refractivity contribution in [2.24, 2.45) is 0 Å². The lowest BCUT2D eigenvalue weighted by molar-refractivity contribution is 0.474. The number of benzene rings is 2. The summed E-state index contributed by atoms with van der Waals surface area (Å²) in [4.78, 5) is 7.36. The van der Waals surface area contributed by atoms with E-state index in [1.54, 1.807) is 0 Å². The monoisotopic (exact) mass is 306 g/mol. The van der Waals surface area contributed by atoms with Gasteiger partial charge in [0.1, 0.15) is 17.4 Å². The molecule has 3 aromatic rings. The van der Waals surface area contributed by atoms with Gasteiger partial charge in [0.15, 0.2) is 0 Å². The molecule has 0 fully saturated rings. The largest absolute Gasteiger partial charge is 0.507 e. The van der Waals surface area contributed by atoms with Crippen LogP contribution in [-0.2, 0) is 0 Å². The van der Waals surface area contributed by atoms with Gasteiger partial charge in [0.2, 0.25) is 0 Å². The summed E-state index contributed by atoms with van der Waals surface area (Å²) >= 11 is 3.02. The average molecular weight is 307 g/mol. The van der Waals surface area contributed by atoms with Gasteiger partial charge in [-0.1, -0.05) is 12.1 Å². The van der Waals surface area contributed by atoms with Crippen molar-refractivity contribution in [3.63, 3.8) is 0 Å². The van der Waals surface area contributed by atoms with Gasteiger partial charge in [0, 0.05) is 0 Å². The van der Waals surface area contributed by atoms with Crippen LogP contribution in [-0.4, -0.2) is 15.1 Å². The lowest BCUT2D eigenvalue weighted by Gasteiger charge is -2.02. The van der Waals surface area contributed by atoms with Gasteiger partial charge in [-0.05, 0) is 40.2 Å². The number of aromatic hydroxyl groups is 1. The number of aromatic nitrogens is 2. The SMILES string of the molecule is Oc1cc(Br)c(F)cc1-c1nc2ccccc2[nH]1. The highest BCUT2D eigenvalue weighted by Crippen LogP contribution is 2.32. The van der Waals surface area contributed by atoms with Crippen molar-refractivity contribution in [1.82, 2.24) is 9.97 Å². The molecule has 5 heteroatoms. The number of phenols is 1. The van der Waals surface area contributed by atoms with E-state index in [0.717, 1.165) is 11.0 Å². The highest BCUT2D eigenvalue weighted by atomic mass is 79.9. The Labute approximate surface area is 110 Å². The first-order chi connectivity index (χ1) is 8.65. The van der Waals surface area contributed by atoms with E-state index in [2.05, 4.69) is 25.9 Å². The minimum atomic E-state index is -0.441. The quantitative estimate of drug-likeness (QED) is 0.717. The fourth-order valence-electron chi connectivity index (χ4n) is 1.81.